The fraction of sp³-hybridized carbons (Fsp3) is 0. The number of rotatable bonds is 1. The molecular formula is C20H13BO2S. The Morgan fingerprint density at radius 3 is 1.88 bits per heavy atom. The molecule has 1 aromatic heterocycles. The topological polar surface area (TPSA) is 40.5 Å². The third-order valence-corrected chi connectivity index (χ3v) is 5.97. The minimum absolute atomic E-state index is 0.571. The van der Waals surface area contributed by atoms with E-state index in [4.69, 9.17) is 0 Å². The van der Waals surface area contributed by atoms with Gasteiger partial charge in [0.2, 0.25) is 0 Å². The van der Waals surface area contributed by atoms with Crippen molar-refractivity contribution < 1.29 is 10.0 Å². The molecule has 24 heavy (non-hydrogen) atoms. The Hall–Kier alpha value is -2.40. The number of hydrogen-bond acceptors (Lipinski definition) is 3. The quantitative estimate of drug-likeness (QED) is 0.360. The monoisotopic (exact) mass is 328 g/mol. The lowest BCUT2D eigenvalue weighted by molar-refractivity contribution is 0.426. The minimum Gasteiger partial charge on any atom is -0.423 e. The largest absolute Gasteiger partial charge is 0.489 e. The molecule has 0 aliphatic rings. The van der Waals surface area contributed by atoms with Crippen LogP contribution in [0.3, 0.4) is 0 Å². The summed E-state index contributed by atoms with van der Waals surface area (Å²) in [7, 11) is -1.46. The molecule has 0 unspecified atom stereocenters. The Kier molecular flexibility index (Phi) is 2.94. The van der Waals surface area contributed by atoms with Gasteiger partial charge in [0.15, 0.2) is 0 Å². The van der Waals surface area contributed by atoms with Crippen LogP contribution in [0.1, 0.15) is 0 Å². The molecular weight excluding hydrogens is 315 g/mol. The molecule has 5 rings (SSSR count). The van der Waals surface area contributed by atoms with E-state index in [1.165, 1.54) is 31.6 Å². The van der Waals surface area contributed by atoms with Crippen LogP contribution in [-0.4, -0.2) is 17.2 Å². The summed E-state index contributed by atoms with van der Waals surface area (Å²) in [5.41, 5.74) is 0.571. The van der Waals surface area contributed by atoms with Crippen molar-refractivity contribution in [1.82, 2.24) is 0 Å². The molecule has 0 amide bonds. The fourth-order valence-electron chi connectivity index (χ4n) is 3.65. The predicted octanol–water partition coefficient (Wildman–Crippen LogP) is 4.04. The van der Waals surface area contributed by atoms with Crippen LogP contribution in [0, 0.1) is 0 Å². The van der Waals surface area contributed by atoms with Crippen LogP contribution in [0.4, 0.5) is 0 Å². The van der Waals surface area contributed by atoms with Crippen molar-refractivity contribution in [3.05, 3.63) is 66.7 Å². The van der Waals surface area contributed by atoms with Crippen molar-refractivity contribution in [3.63, 3.8) is 0 Å². The highest BCUT2D eigenvalue weighted by Gasteiger charge is 2.20. The summed E-state index contributed by atoms with van der Waals surface area (Å²) < 4.78 is 2.15. The van der Waals surface area contributed by atoms with Gasteiger partial charge in [0.05, 0.1) is 0 Å². The number of thiophene rings is 1. The molecule has 2 nitrogen and oxygen atoms in total. The van der Waals surface area contributed by atoms with Gasteiger partial charge in [0.25, 0.3) is 0 Å². The normalized spacial score (nSPS) is 11.8. The maximum Gasteiger partial charge on any atom is 0.489 e. The average molecular weight is 328 g/mol. The second-order valence-corrected chi connectivity index (χ2v) is 7.02. The molecule has 0 fully saturated rings. The molecule has 0 radical (unpaired) electrons. The van der Waals surface area contributed by atoms with E-state index in [2.05, 4.69) is 54.6 Å². The van der Waals surface area contributed by atoms with Gasteiger partial charge in [-0.3, -0.25) is 0 Å². The SMILES string of the molecule is OB(O)c1cccc2c1sc1c3ccccc3c3ccccc3c21. The second-order valence-electron chi connectivity index (χ2n) is 5.99. The van der Waals surface area contributed by atoms with Gasteiger partial charge in [0, 0.05) is 25.6 Å². The van der Waals surface area contributed by atoms with Crippen LogP contribution in [0.2, 0.25) is 0 Å². The van der Waals surface area contributed by atoms with Crippen LogP contribution >= 0.6 is 11.3 Å². The maximum absolute atomic E-state index is 9.74. The summed E-state index contributed by atoms with van der Waals surface area (Å²) in [6, 6.07) is 22.6. The van der Waals surface area contributed by atoms with Crippen molar-refractivity contribution in [2.45, 2.75) is 0 Å². The molecule has 0 saturated carbocycles. The Morgan fingerprint density at radius 1 is 0.583 bits per heavy atom. The van der Waals surface area contributed by atoms with E-state index in [1.807, 2.05) is 6.07 Å². The zero-order valence-electron chi connectivity index (χ0n) is 12.7. The van der Waals surface area contributed by atoms with Crippen molar-refractivity contribution in [2.24, 2.45) is 0 Å². The van der Waals surface area contributed by atoms with Gasteiger partial charge >= 0.3 is 7.12 Å². The Morgan fingerprint density at radius 2 is 1.17 bits per heavy atom. The van der Waals surface area contributed by atoms with E-state index in [0.29, 0.717) is 5.46 Å². The highest BCUT2D eigenvalue weighted by molar-refractivity contribution is 7.28. The van der Waals surface area contributed by atoms with E-state index in [-0.39, 0.29) is 0 Å². The summed E-state index contributed by atoms with van der Waals surface area (Å²) in [5.74, 6) is 0. The zero-order valence-corrected chi connectivity index (χ0v) is 13.5. The van der Waals surface area contributed by atoms with Crippen LogP contribution < -0.4 is 5.46 Å². The smallest absolute Gasteiger partial charge is 0.423 e. The standard InChI is InChI=1S/C20H13BO2S/c22-21(23)17-11-5-10-16-18-14-8-3-1-6-12(14)13-7-2-4-9-15(13)20(18)24-19(16)17/h1-11,22-23H. The van der Waals surface area contributed by atoms with Gasteiger partial charge in [-0.2, -0.15) is 0 Å². The maximum atomic E-state index is 9.74. The molecule has 0 aliphatic heterocycles. The lowest BCUT2D eigenvalue weighted by Crippen LogP contribution is -2.29. The Labute approximate surface area is 142 Å². The Balaban J connectivity index is 2.15. The minimum atomic E-state index is -1.46. The van der Waals surface area contributed by atoms with Gasteiger partial charge in [0.1, 0.15) is 0 Å². The van der Waals surface area contributed by atoms with E-state index in [1.54, 1.807) is 17.4 Å². The van der Waals surface area contributed by atoms with Gasteiger partial charge in [-0.1, -0.05) is 66.7 Å². The second kappa shape index (κ2) is 5.05. The van der Waals surface area contributed by atoms with E-state index >= 15 is 0 Å². The first-order chi connectivity index (χ1) is 11.8. The van der Waals surface area contributed by atoms with Crippen molar-refractivity contribution >= 4 is 65.6 Å². The average Bonchev–Trinajstić information content (AvgIpc) is 3.01. The summed E-state index contributed by atoms with van der Waals surface area (Å²) in [6.45, 7) is 0. The van der Waals surface area contributed by atoms with Gasteiger partial charge in [-0.15, -0.1) is 11.3 Å². The van der Waals surface area contributed by atoms with Crippen LogP contribution in [0.15, 0.2) is 66.7 Å². The predicted molar refractivity (Wildman–Crippen MR) is 104 cm³/mol. The number of fused-ring (bicyclic) bond motifs is 8. The summed E-state index contributed by atoms with van der Waals surface area (Å²) in [5, 5.41) is 26.6. The third kappa shape index (κ3) is 1.79. The molecule has 2 N–H and O–H groups in total. The molecule has 4 heteroatoms. The summed E-state index contributed by atoms with van der Waals surface area (Å²) in [4.78, 5) is 0. The molecule has 114 valence electrons. The number of hydrogen-bond donors (Lipinski definition) is 2. The number of benzene rings is 4. The Bertz CT molecular complexity index is 1240. The lowest BCUT2D eigenvalue weighted by Gasteiger charge is -2.07. The van der Waals surface area contributed by atoms with Crippen LogP contribution in [0.5, 0.6) is 0 Å². The first-order valence-electron chi connectivity index (χ1n) is 7.86. The molecule has 0 bridgehead atoms. The molecule has 0 saturated heterocycles. The van der Waals surface area contributed by atoms with Crippen LogP contribution in [-0.2, 0) is 0 Å². The van der Waals surface area contributed by atoms with E-state index < -0.39 is 7.12 Å². The van der Waals surface area contributed by atoms with E-state index in [9.17, 15) is 10.0 Å². The summed E-state index contributed by atoms with van der Waals surface area (Å²) >= 11 is 1.64. The molecule has 5 aromatic rings. The highest BCUT2D eigenvalue weighted by atomic mass is 32.1. The van der Waals surface area contributed by atoms with Crippen molar-refractivity contribution in [3.8, 4) is 0 Å². The molecule has 4 aromatic carbocycles. The third-order valence-electron chi connectivity index (χ3n) is 4.68. The van der Waals surface area contributed by atoms with Crippen molar-refractivity contribution in [2.75, 3.05) is 0 Å². The van der Waals surface area contributed by atoms with Crippen LogP contribution in [0.25, 0.3) is 41.7 Å². The molecule has 0 atom stereocenters. The van der Waals surface area contributed by atoms with Gasteiger partial charge in [-0.25, -0.2) is 0 Å². The van der Waals surface area contributed by atoms with Gasteiger partial charge in [-0.05, 0) is 21.6 Å². The molecule has 0 aliphatic carbocycles. The molecule has 0 spiro atoms. The first-order valence-corrected chi connectivity index (χ1v) is 8.68. The lowest BCUT2D eigenvalue weighted by atomic mass is 9.79. The molecule has 1 heterocycles. The summed E-state index contributed by atoms with van der Waals surface area (Å²) in [6.07, 6.45) is 0. The van der Waals surface area contributed by atoms with Crippen molar-refractivity contribution in [1.29, 1.82) is 0 Å². The zero-order chi connectivity index (χ0) is 16.3. The van der Waals surface area contributed by atoms with Gasteiger partial charge < -0.3 is 10.0 Å². The highest BCUT2D eigenvalue weighted by Crippen LogP contribution is 2.43. The fourth-order valence-corrected chi connectivity index (χ4v) is 5.04. The van der Waals surface area contributed by atoms with E-state index in [0.717, 1.165) is 10.1 Å². The first kappa shape index (κ1) is 14.0.